The lowest BCUT2D eigenvalue weighted by Crippen LogP contribution is -2.38. The molecule has 8 nitrogen and oxygen atoms in total. The third-order valence-corrected chi connectivity index (χ3v) is 7.00. The highest BCUT2D eigenvalue weighted by atomic mass is 32.2. The quantitative estimate of drug-likeness (QED) is 0.615. The monoisotopic (exact) mass is 463 g/mol. The molecule has 1 saturated heterocycles. The fraction of sp³-hybridized carbons (Fsp3) is 0.522. The summed E-state index contributed by atoms with van der Waals surface area (Å²) in [6.45, 7) is 8.98. The molecule has 2 aromatic rings. The van der Waals surface area contributed by atoms with Gasteiger partial charge < -0.3 is 18.9 Å². The van der Waals surface area contributed by atoms with Crippen LogP contribution in [0.25, 0.3) is 11.1 Å². The molecule has 0 atom stereocenters. The number of piperidine rings is 1. The Hall–Kier alpha value is -2.52. The lowest BCUT2D eigenvalue weighted by molar-refractivity contribution is 0.104. The van der Waals surface area contributed by atoms with E-state index in [9.17, 15) is 13.2 Å². The van der Waals surface area contributed by atoms with Crippen LogP contribution in [0.4, 0.5) is 5.69 Å². The highest BCUT2D eigenvalue weighted by molar-refractivity contribution is 7.92. The molecule has 0 unspecified atom stereocenters. The highest BCUT2D eigenvalue weighted by Gasteiger charge is 2.22. The average molecular weight is 464 g/mol. The Morgan fingerprint density at radius 2 is 1.78 bits per heavy atom. The second-order valence-corrected chi connectivity index (χ2v) is 9.91. The lowest BCUT2D eigenvalue weighted by atomic mass is 10.0. The average Bonchev–Trinajstić information content (AvgIpc) is 2.78. The van der Waals surface area contributed by atoms with E-state index >= 15 is 0 Å². The van der Waals surface area contributed by atoms with Crippen molar-refractivity contribution in [2.75, 3.05) is 36.7 Å². The number of anilines is 1. The summed E-state index contributed by atoms with van der Waals surface area (Å²) < 4.78 is 40.5. The Morgan fingerprint density at radius 1 is 1.06 bits per heavy atom. The van der Waals surface area contributed by atoms with Crippen molar-refractivity contribution in [3.63, 3.8) is 0 Å². The number of rotatable bonds is 9. The number of benzene rings is 1. The van der Waals surface area contributed by atoms with Crippen molar-refractivity contribution in [2.45, 2.75) is 39.7 Å². The maximum absolute atomic E-state index is 12.2. The van der Waals surface area contributed by atoms with E-state index in [4.69, 9.17) is 9.47 Å². The standard InChI is InChI=1S/C23H33N3O5S/c1-5-26-12-10-18(11-13-26)31-21-9-8-17(24-32(28,29)7-3)14-19(21)20-16-25(4)23(27)15-22(20)30-6-2/h8-9,14-16,18,24H,5-7,10-13H2,1-4H3. The molecule has 0 bridgehead atoms. The van der Waals surface area contributed by atoms with E-state index in [1.165, 1.54) is 10.6 Å². The number of aryl methyl sites for hydroxylation is 1. The van der Waals surface area contributed by atoms with E-state index in [0.29, 0.717) is 34.9 Å². The minimum atomic E-state index is -3.44. The third kappa shape index (κ3) is 5.83. The molecule has 1 N–H and O–H groups in total. The molecule has 0 aliphatic carbocycles. The maximum atomic E-state index is 12.2. The minimum Gasteiger partial charge on any atom is -0.493 e. The van der Waals surface area contributed by atoms with Crippen molar-refractivity contribution in [1.82, 2.24) is 9.47 Å². The van der Waals surface area contributed by atoms with Crippen molar-refractivity contribution < 1.29 is 17.9 Å². The van der Waals surface area contributed by atoms with Gasteiger partial charge in [0.15, 0.2) is 0 Å². The molecule has 0 saturated carbocycles. The minimum absolute atomic E-state index is 0.0272. The van der Waals surface area contributed by atoms with Gasteiger partial charge in [-0.3, -0.25) is 9.52 Å². The summed E-state index contributed by atoms with van der Waals surface area (Å²) in [6, 6.07) is 6.68. The zero-order valence-electron chi connectivity index (χ0n) is 19.3. The second-order valence-electron chi connectivity index (χ2n) is 7.90. The number of hydrogen-bond acceptors (Lipinski definition) is 6. The highest BCUT2D eigenvalue weighted by Crippen LogP contribution is 2.39. The first kappa shape index (κ1) is 24.1. The number of nitrogens with one attached hydrogen (secondary N) is 1. The van der Waals surface area contributed by atoms with Crippen LogP contribution in [0, 0.1) is 0 Å². The molecular formula is C23H33N3O5S. The summed E-state index contributed by atoms with van der Waals surface area (Å²) in [7, 11) is -1.77. The van der Waals surface area contributed by atoms with Crippen molar-refractivity contribution in [3.05, 3.63) is 40.8 Å². The predicted octanol–water partition coefficient (Wildman–Crippen LogP) is 3.08. The molecule has 176 valence electrons. The van der Waals surface area contributed by atoms with Crippen molar-refractivity contribution >= 4 is 15.7 Å². The molecule has 9 heteroatoms. The molecule has 2 heterocycles. The first-order valence-corrected chi connectivity index (χ1v) is 12.8. The van der Waals surface area contributed by atoms with Crippen LogP contribution in [0.2, 0.25) is 0 Å². The van der Waals surface area contributed by atoms with Crippen LogP contribution in [0.1, 0.15) is 33.6 Å². The topological polar surface area (TPSA) is 89.9 Å². The molecule has 1 aromatic carbocycles. The van der Waals surface area contributed by atoms with Gasteiger partial charge in [0, 0.05) is 49.2 Å². The normalized spacial score (nSPS) is 15.5. The van der Waals surface area contributed by atoms with Gasteiger partial charge in [-0.25, -0.2) is 8.42 Å². The summed E-state index contributed by atoms with van der Waals surface area (Å²) in [4.78, 5) is 14.6. The van der Waals surface area contributed by atoms with Crippen LogP contribution in [0.3, 0.4) is 0 Å². The summed E-state index contributed by atoms with van der Waals surface area (Å²) >= 11 is 0. The first-order chi connectivity index (χ1) is 15.3. The van der Waals surface area contributed by atoms with Crippen molar-refractivity contribution in [3.8, 4) is 22.6 Å². The SMILES string of the molecule is CCOc1cc(=O)n(C)cc1-c1cc(NS(=O)(=O)CC)ccc1OC1CCN(CC)CC1. The van der Waals surface area contributed by atoms with Crippen LogP contribution >= 0.6 is 0 Å². The zero-order chi connectivity index (χ0) is 23.3. The smallest absolute Gasteiger partial charge is 0.254 e. The van der Waals surface area contributed by atoms with Crippen LogP contribution in [0.5, 0.6) is 11.5 Å². The van der Waals surface area contributed by atoms with E-state index < -0.39 is 10.0 Å². The van der Waals surface area contributed by atoms with Gasteiger partial charge in [-0.15, -0.1) is 0 Å². The largest absolute Gasteiger partial charge is 0.493 e. The fourth-order valence-corrected chi connectivity index (χ4v) is 4.40. The Bertz CT molecular complexity index is 1090. The van der Waals surface area contributed by atoms with Crippen LogP contribution in [0.15, 0.2) is 35.3 Å². The van der Waals surface area contributed by atoms with Gasteiger partial charge in [0.2, 0.25) is 10.0 Å². The number of hydrogen-bond donors (Lipinski definition) is 1. The predicted molar refractivity (Wildman–Crippen MR) is 127 cm³/mol. The molecular weight excluding hydrogens is 430 g/mol. The summed E-state index contributed by atoms with van der Waals surface area (Å²) in [5.74, 6) is 1.05. The van der Waals surface area contributed by atoms with E-state index in [-0.39, 0.29) is 17.4 Å². The molecule has 1 aliphatic heterocycles. The van der Waals surface area contributed by atoms with Crippen molar-refractivity contribution in [1.29, 1.82) is 0 Å². The second kappa shape index (κ2) is 10.4. The van der Waals surface area contributed by atoms with E-state index in [2.05, 4.69) is 16.5 Å². The Balaban J connectivity index is 2.04. The van der Waals surface area contributed by atoms with Gasteiger partial charge in [0.25, 0.3) is 5.56 Å². The molecule has 0 spiro atoms. The van der Waals surface area contributed by atoms with Gasteiger partial charge >= 0.3 is 0 Å². The van der Waals surface area contributed by atoms with E-state index in [1.54, 1.807) is 38.4 Å². The molecule has 32 heavy (non-hydrogen) atoms. The zero-order valence-corrected chi connectivity index (χ0v) is 20.1. The van der Waals surface area contributed by atoms with Gasteiger partial charge in [0.05, 0.1) is 12.4 Å². The summed E-state index contributed by atoms with van der Waals surface area (Å²) in [5.41, 5.74) is 1.60. The molecule has 1 aliphatic rings. The number of pyridine rings is 1. The van der Waals surface area contributed by atoms with Crippen LogP contribution in [-0.4, -0.2) is 56.0 Å². The number of aromatic nitrogens is 1. The first-order valence-electron chi connectivity index (χ1n) is 11.1. The maximum Gasteiger partial charge on any atom is 0.254 e. The number of ether oxygens (including phenoxy) is 2. The van der Waals surface area contributed by atoms with Gasteiger partial charge in [-0.05, 0) is 51.4 Å². The van der Waals surface area contributed by atoms with E-state index in [0.717, 1.165) is 32.5 Å². The number of nitrogens with zero attached hydrogens (tertiary/aromatic N) is 2. The molecule has 1 aromatic heterocycles. The number of sulfonamides is 1. The molecule has 0 amide bonds. The van der Waals surface area contributed by atoms with Gasteiger partial charge in [-0.1, -0.05) is 6.92 Å². The van der Waals surface area contributed by atoms with Crippen molar-refractivity contribution in [2.24, 2.45) is 7.05 Å². The molecule has 3 rings (SSSR count). The molecule has 0 radical (unpaired) electrons. The third-order valence-electron chi connectivity index (χ3n) is 5.69. The van der Waals surface area contributed by atoms with Crippen LogP contribution in [-0.2, 0) is 17.1 Å². The lowest BCUT2D eigenvalue weighted by Gasteiger charge is -2.31. The van der Waals surface area contributed by atoms with Crippen LogP contribution < -0.4 is 19.8 Å². The fourth-order valence-electron chi connectivity index (χ4n) is 3.77. The van der Waals surface area contributed by atoms with E-state index in [1.807, 2.05) is 6.92 Å². The summed E-state index contributed by atoms with van der Waals surface area (Å²) in [6.07, 6.45) is 3.61. The Labute approximate surface area is 190 Å². The van der Waals surface area contributed by atoms with Gasteiger partial charge in [0.1, 0.15) is 17.6 Å². The Kier molecular flexibility index (Phi) is 7.84. The molecule has 1 fully saturated rings. The summed E-state index contributed by atoms with van der Waals surface area (Å²) in [5, 5.41) is 0. The number of likely N-dealkylation sites (tertiary alicyclic amines) is 1. The Morgan fingerprint density at radius 3 is 2.41 bits per heavy atom. The van der Waals surface area contributed by atoms with Gasteiger partial charge in [-0.2, -0.15) is 0 Å².